The third kappa shape index (κ3) is 3.12. The number of benzene rings is 1. The van der Waals surface area contributed by atoms with E-state index in [0.29, 0.717) is 10.8 Å². The summed E-state index contributed by atoms with van der Waals surface area (Å²) in [7, 11) is -3.23. The molecule has 0 amide bonds. The summed E-state index contributed by atoms with van der Waals surface area (Å²) >= 11 is 0. The van der Waals surface area contributed by atoms with Crippen LogP contribution < -0.4 is 4.90 Å². The molecular formula is C22H24FN3O2S. The van der Waals surface area contributed by atoms with Gasteiger partial charge in [0.15, 0.2) is 9.84 Å². The molecule has 152 valence electrons. The summed E-state index contributed by atoms with van der Waals surface area (Å²) in [5.74, 6) is 0.257. The standard InChI is InChI=1S/C22H24FN3O2S/c1-29(27,28)17-5-2-4-16(12-17)25-10-8-15(9-11-25)22-21-18(6-3-7-19(21)23)20-13-24-14-26(20)22/h2-7,12-15,18,21-22H,8-11H2,1H3. The van der Waals surface area contributed by atoms with E-state index in [0.717, 1.165) is 37.3 Å². The van der Waals surface area contributed by atoms with Crippen molar-refractivity contribution in [3.05, 3.63) is 66.5 Å². The highest BCUT2D eigenvalue weighted by Crippen LogP contribution is 2.52. The third-order valence-corrected chi connectivity index (χ3v) is 7.75. The lowest BCUT2D eigenvalue weighted by molar-refractivity contribution is 0.218. The molecule has 0 saturated carbocycles. The van der Waals surface area contributed by atoms with Crippen LogP contribution in [-0.2, 0) is 9.84 Å². The fourth-order valence-corrected chi connectivity index (χ4v) is 5.91. The predicted molar refractivity (Wildman–Crippen MR) is 110 cm³/mol. The van der Waals surface area contributed by atoms with Crippen LogP contribution in [-0.4, -0.2) is 37.3 Å². The van der Waals surface area contributed by atoms with Crippen molar-refractivity contribution in [1.82, 2.24) is 9.55 Å². The quantitative estimate of drug-likeness (QED) is 0.766. The number of imidazole rings is 1. The van der Waals surface area contributed by atoms with Crippen LogP contribution in [0.4, 0.5) is 10.1 Å². The Kier molecular flexibility index (Phi) is 4.38. The Bertz CT molecular complexity index is 1100. The molecule has 1 saturated heterocycles. The molecule has 0 radical (unpaired) electrons. The van der Waals surface area contributed by atoms with Crippen molar-refractivity contribution in [2.45, 2.75) is 29.7 Å². The van der Waals surface area contributed by atoms with E-state index in [1.54, 1.807) is 24.3 Å². The van der Waals surface area contributed by atoms with Gasteiger partial charge in [0.2, 0.25) is 0 Å². The van der Waals surface area contributed by atoms with Crippen LogP contribution in [0.2, 0.25) is 0 Å². The van der Waals surface area contributed by atoms with Crippen molar-refractivity contribution in [3.63, 3.8) is 0 Å². The molecule has 2 aromatic rings. The number of aromatic nitrogens is 2. The highest BCUT2D eigenvalue weighted by atomic mass is 32.2. The maximum absolute atomic E-state index is 14.8. The largest absolute Gasteiger partial charge is 0.371 e. The van der Waals surface area contributed by atoms with Gasteiger partial charge < -0.3 is 9.47 Å². The summed E-state index contributed by atoms with van der Waals surface area (Å²) < 4.78 is 40.7. The van der Waals surface area contributed by atoms with Crippen LogP contribution in [0.1, 0.15) is 30.5 Å². The Morgan fingerprint density at radius 3 is 2.76 bits per heavy atom. The Balaban J connectivity index is 1.36. The summed E-state index contributed by atoms with van der Waals surface area (Å²) in [4.78, 5) is 6.90. The smallest absolute Gasteiger partial charge is 0.175 e. The molecule has 0 spiro atoms. The zero-order valence-corrected chi connectivity index (χ0v) is 17.1. The molecule has 29 heavy (non-hydrogen) atoms. The first-order valence-electron chi connectivity index (χ1n) is 10.0. The second-order valence-corrected chi connectivity index (χ2v) is 10.3. The van der Waals surface area contributed by atoms with E-state index in [4.69, 9.17) is 0 Å². The second kappa shape index (κ2) is 6.83. The number of allylic oxidation sites excluding steroid dienone is 4. The first-order chi connectivity index (χ1) is 13.9. The summed E-state index contributed by atoms with van der Waals surface area (Å²) in [6.07, 6.45) is 12.3. The minimum atomic E-state index is -3.23. The van der Waals surface area contributed by atoms with E-state index in [2.05, 4.69) is 20.5 Å². The molecule has 5 nitrogen and oxygen atoms in total. The van der Waals surface area contributed by atoms with Gasteiger partial charge in [-0.15, -0.1) is 0 Å². The van der Waals surface area contributed by atoms with Crippen molar-refractivity contribution < 1.29 is 12.8 Å². The molecule has 5 rings (SSSR count). The number of fused-ring (bicyclic) bond motifs is 3. The number of anilines is 1. The number of rotatable bonds is 3. The number of sulfone groups is 1. The molecule has 7 heteroatoms. The van der Waals surface area contributed by atoms with E-state index in [-0.39, 0.29) is 23.7 Å². The Labute approximate surface area is 170 Å². The summed E-state index contributed by atoms with van der Waals surface area (Å²) in [6, 6.07) is 7.23. The molecule has 1 aliphatic carbocycles. The molecule has 0 N–H and O–H groups in total. The molecule has 3 unspecified atom stereocenters. The molecule has 3 aliphatic rings. The lowest BCUT2D eigenvalue weighted by atomic mass is 9.76. The lowest BCUT2D eigenvalue weighted by Crippen LogP contribution is -2.38. The van der Waals surface area contributed by atoms with Crippen molar-refractivity contribution in [2.24, 2.45) is 11.8 Å². The Morgan fingerprint density at radius 2 is 2.00 bits per heavy atom. The molecular weight excluding hydrogens is 389 g/mol. The molecule has 3 heterocycles. The summed E-state index contributed by atoms with van der Waals surface area (Å²) in [5.41, 5.74) is 2.04. The van der Waals surface area contributed by atoms with Gasteiger partial charge in [-0.1, -0.05) is 18.2 Å². The zero-order chi connectivity index (χ0) is 20.2. The van der Waals surface area contributed by atoms with Crippen molar-refractivity contribution in [2.75, 3.05) is 24.2 Å². The fraction of sp³-hybridized carbons (Fsp3) is 0.409. The van der Waals surface area contributed by atoms with Gasteiger partial charge in [-0.25, -0.2) is 17.8 Å². The van der Waals surface area contributed by atoms with Crippen LogP contribution in [0.15, 0.2) is 65.7 Å². The van der Waals surface area contributed by atoms with E-state index >= 15 is 0 Å². The van der Waals surface area contributed by atoms with Gasteiger partial charge in [0, 0.05) is 54.8 Å². The van der Waals surface area contributed by atoms with Crippen LogP contribution in [0.3, 0.4) is 0 Å². The average Bonchev–Trinajstić information content (AvgIpc) is 3.29. The van der Waals surface area contributed by atoms with Crippen molar-refractivity contribution in [3.8, 4) is 0 Å². The van der Waals surface area contributed by atoms with E-state index in [1.807, 2.05) is 24.7 Å². The van der Waals surface area contributed by atoms with Crippen LogP contribution in [0, 0.1) is 11.8 Å². The highest BCUT2D eigenvalue weighted by molar-refractivity contribution is 7.90. The van der Waals surface area contributed by atoms with Gasteiger partial charge in [0.1, 0.15) is 5.83 Å². The molecule has 1 fully saturated rings. The summed E-state index contributed by atoms with van der Waals surface area (Å²) in [5, 5.41) is 0. The van der Waals surface area contributed by atoms with Crippen LogP contribution in [0.5, 0.6) is 0 Å². The van der Waals surface area contributed by atoms with E-state index in [9.17, 15) is 12.8 Å². The van der Waals surface area contributed by atoms with Gasteiger partial charge in [0.05, 0.1) is 11.2 Å². The van der Waals surface area contributed by atoms with E-state index in [1.165, 1.54) is 6.26 Å². The Hall–Kier alpha value is -2.41. The van der Waals surface area contributed by atoms with Gasteiger partial charge in [-0.2, -0.15) is 0 Å². The molecule has 0 bridgehead atoms. The molecule has 2 aliphatic heterocycles. The maximum Gasteiger partial charge on any atom is 0.175 e. The van der Waals surface area contributed by atoms with E-state index < -0.39 is 9.84 Å². The van der Waals surface area contributed by atoms with Crippen LogP contribution in [0.25, 0.3) is 0 Å². The third-order valence-electron chi connectivity index (χ3n) is 6.64. The topological polar surface area (TPSA) is 55.2 Å². The fourth-order valence-electron chi connectivity index (χ4n) is 5.25. The van der Waals surface area contributed by atoms with Gasteiger partial charge >= 0.3 is 0 Å². The lowest BCUT2D eigenvalue weighted by Gasteiger charge is -2.39. The van der Waals surface area contributed by atoms with Gasteiger partial charge in [-0.05, 0) is 43.0 Å². The minimum Gasteiger partial charge on any atom is -0.371 e. The van der Waals surface area contributed by atoms with Gasteiger partial charge in [-0.3, -0.25) is 0 Å². The number of piperidine rings is 1. The number of hydrogen-bond acceptors (Lipinski definition) is 4. The zero-order valence-electron chi connectivity index (χ0n) is 16.3. The SMILES string of the molecule is CS(=O)(=O)c1cccc(N2CCC(C3C4C(F)=CC=CC4c4cncn43)CC2)c1. The number of nitrogens with zero attached hydrogens (tertiary/aromatic N) is 3. The average molecular weight is 414 g/mol. The first kappa shape index (κ1) is 18.6. The van der Waals surface area contributed by atoms with Crippen molar-refractivity contribution in [1.29, 1.82) is 0 Å². The predicted octanol–water partition coefficient (Wildman–Crippen LogP) is 3.88. The van der Waals surface area contributed by atoms with Crippen LogP contribution >= 0.6 is 0 Å². The molecule has 1 aromatic carbocycles. The number of halogens is 1. The molecule has 1 aromatic heterocycles. The van der Waals surface area contributed by atoms with Crippen molar-refractivity contribution >= 4 is 15.5 Å². The number of hydrogen-bond donors (Lipinski definition) is 0. The van der Waals surface area contributed by atoms with Gasteiger partial charge in [0.25, 0.3) is 0 Å². The normalized spacial score (nSPS) is 26.9. The highest BCUT2D eigenvalue weighted by Gasteiger charge is 2.46. The second-order valence-electron chi connectivity index (χ2n) is 8.30. The summed E-state index contributed by atoms with van der Waals surface area (Å²) in [6.45, 7) is 1.66. The first-order valence-corrected chi connectivity index (χ1v) is 11.9. The monoisotopic (exact) mass is 413 g/mol. The maximum atomic E-state index is 14.8. The minimum absolute atomic E-state index is 0.0329. The Morgan fingerprint density at radius 1 is 1.21 bits per heavy atom. The molecule has 3 atom stereocenters.